The molecule has 1 N–H and O–H groups in total. The SMILES string of the molecule is CCCCCC(CCC)C(=O)O.Cl. The molecule has 80 valence electrons. The third kappa shape index (κ3) is 8.10. The van der Waals surface area contributed by atoms with Crippen LogP contribution in [0.1, 0.15) is 52.4 Å². The van der Waals surface area contributed by atoms with E-state index in [1.165, 1.54) is 6.42 Å². The molecule has 0 aromatic carbocycles. The Morgan fingerprint density at radius 2 is 1.77 bits per heavy atom. The molecule has 0 aliphatic rings. The maximum Gasteiger partial charge on any atom is 0.306 e. The summed E-state index contributed by atoms with van der Waals surface area (Å²) in [6, 6.07) is 0. The second kappa shape index (κ2) is 9.85. The first kappa shape index (κ1) is 15.2. The van der Waals surface area contributed by atoms with E-state index in [-0.39, 0.29) is 18.3 Å². The van der Waals surface area contributed by atoms with E-state index in [0.29, 0.717) is 0 Å². The Labute approximate surface area is 87.1 Å². The van der Waals surface area contributed by atoms with Crippen molar-refractivity contribution in [3.05, 3.63) is 0 Å². The minimum absolute atomic E-state index is 0. The summed E-state index contributed by atoms with van der Waals surface area (Å²) in [6.07, 6.45) is 6.05. The van der Waals surface area contributed by atoms with Gasteiger partial charge in [-0.25, -0.2) is 0 Å². The summed E-state index contributed by atoms with van der Waals surface area (Å²) >= 11 is 0. The molecule has 1 atom stereocenters. The second-order valence-electron chi connectivity index (χ2n) is 3.32. The van der Waals surface area contributed by atoms with Gasteiger partial charge in [0.1, 0.15) is 0 Å². The van der Waals surface area contributed by atoms with Crippen LogP contribution in [0.4, 0.5) is 0 Å². The zero-order valence-corrected chi connectivity index (χ0v) is 9.40. The predicted molar refractivity (Wildman–Crippen MR) is 57.4 cm³/mol. The van der Waals surface area contributed by atoms with Gasteiger partial charge in [-0.15, -0.1) is 12.4 Å². The van der Waals surface area contributed by atoms with Crippen LogP contribution in [0.15, 0.2) is 0 Å². The fraction of sp³-hybridized carbons (Fsp3) is 0.900. The zero-order valence-electron chi connectivity index (χ0n) is 8.58. The molecular formula is C10H21ClO2. The molecular weight excluding hydrogens is 188 g/mol. The number of aliphatic carboxylic acids is 1. The van der Waals surface area contributed by atoms with E-state index in [4.69, 9.17) is 5.11 Å². The fourth-order valence-electron chi connectivity index (χ4n) is 1.38. The minimum Gasteiger partial charge on any atom is -0.481 e. The topological polar surface area (TPSA) is 37.3 Å². The molecule has 0 fully saturated rings. The monoisotopic (exact) mass is 208 g/mol. The van der Waals surface area contributed by atoms with Gasteiger partial charge in [-0.3, -0.25) is 4.79 Å². The molecule has 13 heavy (non-hydrogen) atoms. The van der Waals surface area contributed by atoms with Gasteiger partial charge in [0.05, 0.1) is 5.92 Å². The summed E-state index contributed by atoms with van der Waals surface area (Å²) in [6.45, 7) is 4.17. The molecule has 0 aromatic heterocycles. The van der Waals surface area contributed by atoms with Crippen molar-refractivity contribution in [3.8, 4) is 0 Å². The van der Waals surface area contributed by atoms with Crippen molar-refractivity contribution in [2.24, 2.45) is 5.92 Å². The normalized spacial score (nSPS) is 11.8. The van der Waals surface area contributed by atoms with Crippen LogP contribution in [0.25, 0.3) is 0 Å². The first-order valence-corrected chi connectivity index (χ1v) is 4.95. The Hall–Kier alpha value is -0.240. The van der Waals surface area contributed by atoms with Crippen molar-refractivity contribution in [3.63, 3.8) is 0 Å². The Kier molecular flexibility index (Phi) is 11.5. The van der Waals surface area contributed by atoms with Gasteiger partial charge in [0, 0.05) is 0 Å². The zero-order chi connectivity index (χ0) is 9.40. The Morgan fingerprint density at radius 3 is 2.15 bits per heavy atom. The van der Waals surface area contributed by atoms with Crippen molar-refractivity contribution in [2.75, 3.05) is 0 Å². The summed E-state index contributed by atoms with van der Waals surface area (Å²) in [5.41, 5.74) is 0. The molecule has 0 rings (SSSR count). The van der Waals surface area contributed by atoms with E-state index in [2.05, 4.69) is 6.92 Å². The van der Waals surface area contributed by atoms with Crippen molar-refractivity contribution in [1.29, 1.82) is 0 Å². The van der Waals surface area contributed by atoms with E-state index in [0.717, 1.165) is 32.1 Å². The summed E-state index contributed by atoms with van der Waals surface area (Å²) in [4.78, 5) is 10.7. The van der Waals surface area contributed by atoms with Crippen LogP contribution in [-0.2, 0) is 4.79 Å². The lowest BCUT2D eigenvalue weighted by Gasteiger charge is -2.09. The smallest absolute Gasteiger partial charge is 0.306 e. The number of carboxylic acids is 1. The summed E-state index contributed by atoms with van der Waals surface area (Å²) in [7, 11) is 0. The lowest BCUT2D eigenvalue weighted by atomic mass is 9.97. The molecule has 0 aromatic rings. The summed E-state index contributed by atoms with van der Waals surface area (Å²) in [5.74, 6) is -0.713. The van der Waals surface area contributed by atoms with Gasteiger partial charge >= 0.3 is 5.97 Å². The average molecular weight is 209 g/mol. The lowest BCUT2D eigenvalue weighted by Crippen LogP contribution is -2.13. The average Bonchev–Trinajstić information content (AvgIpc) is 2.03. The van der Waals surface area contributed by atoms with Crippen LogP contribution in [-0.4, -0.2) is 11.1 Å². The van der Waals surface area contributed by atoms with E-state index in [1.54, 1.807) is 0 Å². The second-order valence-corrected chi connectivity index (χ2v) is 3.32. The van der Waals surface area contributed by atoms with Crippen molar-refractivity contribution in [2.45, 2.75) is 52.4 Å². The molecule has 0 radical (unpaired) electrons. The van der Waals surface area contributed by atoms with E-state index < -0.39 is 5.97 Å². The summed E-state index contributed by atoms with van der Waals surface area (Å²) in [5, 5.41) is 8.80. The third-order valence-electron chi connectivity index (χ3n) is 2.14. The number of unbranched alkanes of at least 4 members (excludes halogenated alkanes) is 2. The standard InChI is InChI=1S/C10H20O2.ClH/c1-3-5-6-8-9(7-4-2)10(11)12;/h9H,3-8H2,1-2H3,(H,11,12);1H. The molecule has 0 aliphatic carbocycles. The van der Waals surface area contributed by atoms with Crippen LogP contribution >= 0.6 is 12.4 Å². The highest BCUT2D eigenvalue weighted by Crippen LogP contribution is 2.15. The first-order chi connectivity index (χ1) is 5.72. The fourth-order valence-corrected chi connectivity index (χ4v) is 1.38. The van der Waals surface area contributed by atoms with Crippen LogP contribution in [0.2, 0.25) is 0 Å². The van der Waals surface area contributed by atoms with E-state index in [9.17, 15) is 4.79 Å². The number of carbonyl (C=O) groups is 1. The highest BCUT2D eigenvalue weighted by atomic mass is 35.5. The highest BCUT2D eigenvalue weighted by molar-refractivity contribution is 5.85. The van der Waals surface area contributed by atoms with E-state index in [1.807, 2.05) is 6.92 Å². The number of hydrogen-bond donors (Lipinski definition) is 1. The highest BCUT2D eigenvalue weighted by Gasteiger charge is 2.14. The number of halogens is 1. The lowest BCUT2D eigenvalue weighted by molar-refractivity contribution is -0.142. The van der Waals surface area contributed by atoms with Crippen LogP contribution in [0.5, 0.6) is 0 Å². The third-order valence-corrected chi connectivity index (χ3v) is 2.14. The Morgan fingerprint density at radius 1 is 1.15 bits per heavy atom. The van der Waals surface area contributed by atoms with Crippen molar-refractivity contribution >= 4 is 18.4 Å². The minimum atomic E-state index is -0.618. The molecule has 0 saturated carbocycles. The number of hydrogen-bond acceptors (Lipinski definition) is 1. The molecule has 0 saturated heterocycles. The molecule has 2 nitrogen and oxygen atoms in total. The molecule has 0 heterocycles. The molecule has 0 amide bonds. The molecule has 0 spiro atoms. The molecule has 0 aliphatic heterocycles. The van der Waals surface area contributed by atoms with Crippen molar-refractivity contribution < 1.29 is 9.90 Å². The van der Waals surface area contributed by atoms with Gasteiger partial charge in [-0.1, -0.05) is 39.5 Å². The van der Waals surface area contributed by atoms with Crippen LogP contribution < -0.4 is 0 Å². The maximum absolute atomic E-state index is 10.7. The maximum atomic E-state index is 10.7. The predicted octanol–water partition coefficient (Wildman–Crippen LogP) is 3.49. The van der Waals surface area contributed by atoms with Crippen molar-refractivity contribution in [1.82, 2.24) is 0 Å². The van der Waals surface area contributed by atoms with Crippen LogP contribution in [0, 0.1) is 5.92 Å². The quantitative estimate of drug-likeness (QED) is 0.651. The molecule has 0 bridgehead atoms. The van der Waals surface area contributed by atoms with Gasteiger partial charge < -0.3 is 5.11 Å². The largest absolute Gasteiger partial charge is 0.481 e. The van der Waals surface area contributed by atoms with Gasteiger partial charge in [0.25, 0.3) is 0 Å². The first-order valence-electron chi connectivity index (χ1n) is 4.95. The summed E-state index contributed by atoms with van der Waals surface area (Å²) < 4.78 is 0. The number of carboxylic acid groups (broad SMARTS) is 1. The van der Waals surface area contributed by atoms with E-state index >= 15 is 0 Å². The Bertz CT molecular complexity index is 126. The van der Waals surface area contributed by atoms with Gasteiger partial charge in [-0.2, -0.15) is 0 Å². The van der Waals surface area contributed by atoms with Crippen LogP contribution in [0.3, 0.4) is 0 Å². The molecule has 1 unspecified atom stereocenters. The molecule has 3 heteroatoms. The van der Waals surface area contributed by atoms with Gasteiger partial charge in [-0.05, 0) is 12.8 Å². The van der Waals surface area contributed by atoms with Gasteiger partial charge in [0.2, 0.25) is 0 Å². The number of rotatable bonds is 7. The Balaban J connectivity index is 0. The van der Waals surface area contributed by atoms with Gasteiger partial charge in [0.15, 0.2) is 0 Å².